The van der Waals surface area contributed by atoms with Crippen LogP contribution in [0.4, 0.5) is 18.9 Å². The number of aromatic nitrogens is 2. The highest BCUT2D eigenvalue weighted by Gasteiger charge is 2.39. The van der Waals surface area contributed by atoms with Crippen LogP contribution in [0.1, 0.15) is 26.4 Å². The summed E-state index contributed by atoms with van der Waals surface area (Å²) in [6, 6.07) is 5.56. The average molecular weight is 312 g/mol. The fourth-order valence-corrected chi connectivity index (χ4v) is 1.81. The molecule has 0 spiro atoms. The molecule has 116 valence electrons. The maximum Gasteiger partial charge on any atom is 0.435 e. The molecule has 0 fully saturated rings. The number of alkyl halides is 3. The molecule has 0 saturated heterocycles. The molecule has 0 aliphatic heterocycles. The molecule has 6 nitrogen and oxygen atoms in total. The Hall–Kier alpha value is -2.84. The molecular weight excluding hydrogens is 301 g/mol. The van der Waals surface area contributed by atoms with E-state index in [0.29, 0.717) is 0 Å². The zero-order valence-electron chi connectivity index (χ0n) is 11.3. The van der Waals surface area contributed by atoms with Gasteiger partial charge in [-0.05, 0) is 18.2 Å². The Morgan fingerprint density at radius 3 is 2.59 bits per heavy atom. The first-order valence-corrected chi connectivity index (χ1v) is 6.00. The second kappa shape index (κ2) is 5.51. The van der Waals surface area contributed by atoms with E-state index < -0.39 is 29.2 Å². The first-order valence-electron chi connectivity index (χ1n) is 6.00. The van der Waals surface area contributed by atoms with E-state index in [0.717, 1.165) is 10.9 Å². The minimum absolute atomic E-state index is 0.125. The third kappa shape index (κ3) is 3.25. The Bertz CT molecular complexity index is 737. The van der Waals surface area contributed by atoms with Gasteiger partial charge >= 0.3 is 6.18 Å². The van der Waals surface area contributed by atoms with Crippen LogP contribution in [-0.2, 0) is 13.2 Å². The van der Waals surface area contributed by atoms with Gasteiger partial charge in [-0.15, -0.1) is 0 Å². The third-order valence-electron chi connectivity index (χ3n) is 2.75. The monoisotopic (exact) mass is 312 g/mol. The summed E-state index contributed by atoms with van der Waals surface area (Å²) in [5, 5.41) is 5.53. The summed E-state index contributed by atoms with van der Waals surface area (Å²) in [6.45, 7) is 0. The van der Waals surface area contributed by atoms with Crippen LogP contribution in [0.15, 0.2) is 30.5 Å². The van der Waals surface area contributed by atoms with Gasteiger partial charge in [-0.25, -0.2) is 0 Å². The van der Waals surface area contributed by atoms with Crippen LogP contribution in [0.5, 0.6) is 0 Å². The quantitative estimate of drug-likeness (QED) is 0.905. The number of benzene rings is 1. The van der Waals surface area contributed by atoms with E-state index in [1.807, 2.05) is 0 Å². The molecule has 2 amide bonds. The Labute approximate surface area is 122 Å². The number of nitrogens with two attached hydrogens (primary N) is 1. The number of nitrogens with zero attached hydrogens (tertiary/aromatic N) is 2. The van der Waals surface area contributed by atoms with E-state index in [9.17, 15) is 22.8 Å². The molecule has 0 bridgehead atoms. The SMILES string of the molecule is Cn1cc(C(=O)Nc2cccc(C(N)=O)c2)c(C(F)(F)F)n1. The van der Waals surface area contributed by atoms with Crippen molar-refractivity contribution in [3.8, 4) is 0 Å². The Morgan fingerprint density at radius 2 is 2.00 bits per heavy atom. The molecule has 0 radical (unpaired) electrons. The minimum atomic E-state index is -4.75. The number of hydrogen-bond acceptors (Lipinski definition) is 3. The fourth-order valence-electron chi connectivity index (χ4n) is 1.81. The molecule has 1 aromatic carbocycles. The second-order valence-electron chi connectivity index (χ2n) is 4.46. The molecule has 22 heavy (non-hydrogen) atoms. The lowest BCUT2D eigenvalue weighted by molar-refractivity contribution is -0.141. The lowest BCUT2D eigenvalue weighted by Gasteiger charge is -2.08. The molecular formula is C13H11F3N4O2. The third-order valence-corrected chi connectivity index (χ3v) is 2.75. The standard InChI is InChI=1S/C13H11F3N4O2/c1-20-6-9(10(19-20)13(14,15)16)12(22)18-8-4-2-3-7(5-8)11(17)21/h2-6H,1H3,(H2,17,21)(H,18,22). The predicted octanol–water partition coefficient (Wildman–Crippen LogP) is 1.79. The summed E-state index contributed by atoms with van der Waals surface area (Å²) in [4.78, 5) is 23.0. The first-order chi connectivity index (χ1) is 10.2. The van der Waals surface area contributed by atoms with E-state index in [4.69, 9.17) is 5.73 Å². The van der Waals surface area contributed by atoms with Crippen LogP contribution in [0.3, 0.4) is 0 Å². The number of amides is 2. The number of hydrogen-bond donors (Lipinski definition) is 2. The average Bonchev–Trinajstić information content (AvgIpc) is 2.81. The lowest BCUT2D eigenvalue weighted by Crippen LogP contribution is -2.18. The van der Waals surface area contributed by atoms with E-state index in [2.05, 4.69) is 10.4 Å². The predicted molar refractivity (Wildman–Crippen MR) is 71.1 cm³/mol. The second-order valence-corrected chi connectivity index (χ2v) is 4.46. The van der Waals surface area contributed by atoms with Crippen molar-refractivity contribution in [2.24, 2.45) is 12.8 Å². The van der Waals surface area contributed by atoms with E-state index in [1.54, 1.807) is 0 Å². The number of rotatable bonds is 3. The Balaban J connectivity index is 2.30. The number of carbonyl (C=O) groups excluding carboxylic acids is 2. The maximum atomic E-state index is 12.8. The van der Waals surface area contributed by atoms with Crippen molar-refractivity contribution in [1.82, 2.24) is 9.78 Å². The zero-order chi connectivity index (χ0) is 16.5. The lowest BCUT2D eigenvalue weighted by atomic mass is 10.1. The summed E-state index contributed by atoms with van der Waals surface area (Å²) in [6.07, 6.45) is -3.78. The number of aryl methyl sites for hydroxylation is 1. The van der Waals surface area contributed by atoms with Crippen LogP contribution < -0.4 is 11.1 Å². The summed E-state index contributed by atoms with van der Waals surface area (Å²) in [7, 11) is 1.28. The van der Waals surface area contributed by atoms with Crippen molar-refractivity contribution in [1.29, 1.82) is 0 Å². The van der Waals surface area contributed by atoms with Crippen LogP contribution in [0.2, 0.25) is 0 Å². The van der Waals surface area contributed by atoms with Crippen LogP contribution in [-0.4, -0.2) is 21.6 Å². The van der Waals surface area contributed by atoms with Crippen molar-refractivity contribution in [2.45, 2.75) is 6.18 Å². The molecule has 0 saturated carbocycles. The zero-order valence-corrected chi connectivity index (χ0v) is 11.3. The molecule has 1 heterocycles. The molecule has 2 aromatic rings. The fraction of sp³-hybridized carbons (Fsp3) is 0.154. The first kappa shape index (κ1) is 15.5. The van der Waals surface area contributed by atoms with Gasteiger partial charge in [0.1, 0.15) is 0 Å². The van der Waals surface area contributed by atoms with Crippen LogP contribution >= 0.6 is 0 Å². The molecule has 1 aromatic heterocycles. The highest BCUT2D eigenvalue weighted by atomic mass is 19.4. The normalized spacial score (nSPS) is 11.3. The Morgan fingerprint density at radius 1 is 1.32 bits per heavy atom. The van der Waals surface area contributed by atoms with Gasteiger partial charge in [0, 0.05) is 24.5 Å². The van der Waals surface area contributed by atoms with E-state index in [1.165, 1.54) is 31.3 Å². The molecule has 9 heteroatoms. The summed E-state index contributed by atoms with van der Waals surface area (Å²) >= 11 is 0. The Kier molecular flexibility index (Phi) is 3.89. The number of halogens is 3. The van der Waals surface area contributed by atoms with Gasteiger partial charge in [-0.1, -0.05) is 6.07 Å². The largest absolute Gasteiger partial charge is 0.435 e. The highest BCUT2D eigenvalue weighted by Crippen LogP contribution is 2.30. The number of primary amides is 1. The van der Waals surface area contributed by atoms with Crippen molar-refractivity contribution in [3.63, 3.8) is 0 Å². The van der Waals surface area contributed by atoms with Gasteiger partial charge in [0.25, 0.3) is 5.91 Å². The van der Waals surface area contributed by atoms with Crippen molar-refractivity contribution < 1.29 is 22.8 Å². The van der Waals surface area contributed by atoms with E-state index in [-0.39, 0.29) is 11.3 Å². The van der Waals surface area contributed by atoms with Crippen molar-refractivity contribution in [3.05, 3.63) is 47.3 Å². The highest BCUT2D eigenvalue weighted by molar-refractivity contribution is 6.05. The van der Waals surface area contributed by atoms with Gasteiger partial charge < -0.3 is 11.1 Å². The summed E-state index contributed by atoms with van der Waals surface area (Å²) in [5.74, 6) is -1.70. The van der Waals surface area contributed by atoms with Gasteiger partial charge in [0.05, 0.1) is 5.56 Å². The number of nitrogens with one attached hydrogen (secondary N) is 1. The van der Waals surface area contributed by atoms with Crippen molar-refractivity contribution in [2.75, 3.05) is 5.32 Å². The van der Waals surface area contributed by atoms with Gasteiger partial charge in [-0.2, -0.15) is 18.3 Å². The topological polar surface area (TPSA) is 90.0 Å². The molecule has 0 aliphatic rings. The van der Waals surface area contributed by atoms with Crippen LogP contribution in [0, 0.1) is 0 Å². The number of carbonyl (C=O) groups is 2. The van der Waals surface area contributed by atoms with Crippen LogP contribution in [0.25, 0.3) is 0 Å². The molecule has 0 atom stereocenters. The maximum absolute atomic E-state index is 12.8. The van der Waals surface area contributed by atoms with Gasteiger partial charge in [-0.3, -0.25) is 14.3 Å². The summed E-state index contributed by atoms with van der Waals surface area (Å²) < 4.78 is 39.3. The minimum Gasteiger partial charge on any atom is -0.366 e. The van der Waals surface area contributed by atoms with Crippen molar-refractivity contribution >= 4 is 17.5 Å². The molecule has 3 N–H and O–H groups in total. The van der Waals surface area contributed by atoms with Gasteiger partial charge in [0.15, 0.2) is 5.69 Å². The smallest absolute Gasteiger partial charge is 0.366 e. The van der Waals surface area contributed by atoms with E-state index >= 15 is 0 Å². The van der Waals surface area contributed by atoms with Gasteiger partial charge in [0.2, 0.25) is 5.91 Å². The molecule has 0 unspecified atom stereocenters. The number of anilines is 1. The molecule has 0 aliphatic carbocycles. The molecule has 2 rings (SSSR count). The summed E-state index contributed by atoms with van der Waals surface area (Å²) in [5.41, 5.74) is 3.48.